The monoisotopic (exact) mass is 237 g/mol. The summed E-state index contributed by atoms with van der Waals surface area (Å²) < 4.78 is 7.41. The predicted octanol–water partition coefficient (Wildman–Crippen LogP) is 2.07. The van der Waals surface area contributed by atoms with Crippen LogP contribution in [-0.4, -0.2) is 9.78 Å². The lowest BCUT2D eigenvalue weighted by Crippen LogP contribution is -1.93. The molecule has 4 nitrogen and oxygen atoms in total. The van der Waals surface area contributed by atoms with Crippen LogP contribution in [0, 0.1) is 6.92 Å². The van der Waals surface area contributed by atoms with Crippen LogP contribution < -0.4 is 5.73 Å². The van der Waals surface area contributed by atoms with Crippen molar-refractivity contribution in [2.45, 2.75) is 24.2 Å². The van der Waals surface area contributed by atoms with E-state index in [1.807, 2.05) is 30.8 Å². The molecule has 2 N–H and O–H groups in total. The summed E-state index contributed by atoms with van der Waals surface area (Å²) in [5, 5.41) is 5.43. The van der Waals surface area contributed by atoms with E-state index in [0.717, 1.165) is 28.0 Å². The van der Waals surface area contributed by atoms with Crippen LogP contribution in [0.2, 0.25) is 0 Å². The molecule has 2 rings (SSSR count). The maximum absolute atomic E-state index is 5.53. The summed E-state index contributed by atoms with van der Waals surface area (Å²) in [6, 6.07) is 5.96. The molecule has 0 aliphatic heterocycles. The quantitative estimate of drug-likeness (QED) is 0.827. The first-order valence-corrected chi connectivity index (χ1v) is 6.08. The Balaban J connectivity index is 1.99. The number of aryl methyl sites for hydroxylation is 2. The van der Waals surface area contributed by atoms with Crippen molar-refractivity contribution in [3.05, 3.63) is 35.4 Å². The fourth-order valence-electron chi connectivity index (χ4n) is 1.48. The minimum absolute atomic E-state index is 0.454. The molecule has 0 bridgehead atoms. The molecular weight excluding hydrogens is 222 g/mol. The van der Waals surface area contributed by atoms with Crippen LogP contribution in [0.5, 0.6) is 0 Å². The van der Waals surface area contributed by atoms with Gasteiger partial charge in [0.2, 0.25) is 0 Å². The van der Waals surface area contributed by atoms with Gasteiger partial charge in [0.05, 0.1) is 23.0 Å². The molecule has 0 aliphatic carbocycles. The number of thioether (sulfide) groups is 1. The van der Waals surface area contributed by atoms with E-state index >= 15 is 0 Å². The second kappa shape index (κ2) is 4.76. The summed E-state index contributed by atoms with van der Waals surface area (Å²) in [6.45, 7) is 2.44. The highest BCUT2D eigenvalue weighted by atomic mass is 32.2. The van der Waals surface area contributed by atoms with E-state index in [4.69, 9.17) is 10.2 Å². The Bertz CT molecular complexity index is 475. The first kappa shape index (κ1) is 11.3. The number of furan rings is 1. The minimum atomic E-state index is 0.454. The third-order valence-corrected chi connectivity index (χ3v) is 3.35. The second-order valence-corrected chi connectivity index (χ2v) is 4.60. The van der Waals surface area contributed by atoms with E-state index in [-0.39, 0.29) is 0 Å². The molecule has 0 unspecified atom stereocenters. The van der Waals surface area contributed by atoms with Crippen LogP contribution in [0.1, 0.15) is 17.2 Å². The van der Waals surface area contributed by atoms with Gasteiger partial charge in [-0.25, -0.2) is 0 Å². The Morgan fingerprint density at radius 2 is 2.19 bits per heavy atom. The van der Waals surface area contributed by atoms with Gasteiger partial charge in [-0.2, -0.15) is 5.10 Å². The molecule has 0 fully saturated rings. The lowest BCUT2D eigenvalue weighted by Gasteiger charge is -1.99. The van der Waals surface area contributed by atoms with Crippen LogP contribution in [0.4, 0.5) is 0 Å². The second-order valence-electron chi connectivity index (χ2n) is 3.61. The Morgan fingerprint density at radius 1 is 1.44 bits per heavy atom. The van der Waals surface area contributed by atoms with Gasteiger partial charge < -0.3 is 10.2 Å². The van der Waals surface area contributed by atoms with Crippen LogP contribution in [-0.2, 0) is 19.3 Å². The molecule has 0 aliphatic rings. The molecule has 0 saturated heterocycles. The number of aromatic nitrogens is 2. The van der Waals surface area contributed by atoms with Crippen molar-refractivity contribution in [2.24, 2.45) is 12.8 Å². The first-order chi connectivity index (χ1) is 7.69. The molecule has 2 aromatic heterocycles. The average Bonchev–Trinajstić information content (AvgIpc) is 2.82. The number of rotatable bonds is 4. The maximum Gasteiger partial charge on any atom is 0.117 e. The third kappa shape index (κ3) is 2.48. The van der Waals surface area contributed by atoms with Gasteiger partial charge in [0.1, 0.15) is 11.5 Å². The highest BCUT2D eigenvalue weighted by Crippen LogP contribution is 2.23. The van der Waals surface area contributed by atoms with Crippen molar-refractivity contribution >= 4 is 11.8 Å². The van der Waals surface area contributed by atoms with Crippen molar-refractivity contribution in [1.82, 2.24) is 9.78 Å². The summed E-state index contributed by atoms with van der Waals surface area (Å²) >= 11 is 1.71. The highest BCUT2D eigenvalue weighted by Gasteiger charge is 2.05. The van der Waals surface area contributed by atoms with E-state index in [0.29, 0.717) is 6.54 Å². The molecule has 2 aromatic rings. The van der Waals surface area contributed by atoms with Gasteiger partial charge >= 0.3 is 0 Å². The lowest BCUT2D eigenvalue weighted by atomic mass is 10.4. The molecule has 16 heavy (non-hydrogen) atoms. The lowest BCUT2D eigenvalue weighted by molar-refractivity contribution is 0.482. The van der Waals surface area contributed by atoms with E-state index in [1.165, 1.54) is 0 Å². The van der Waals surface area contributed by atoms with Crippen LogP contribution in [0.3, 0.4) is 0 Å². The predicted molar refractivity (Wildman–Crippen MR) is 64.1 cm³/mol. The number of nitrogens with zero attached hydrogens (tertiary/aromatic N) is 2. The van der Waals surface area contributed by atoms with Crippen molar-refractivity contribution in [2.75, 3.05) is 0 Å². The molecule has 0 amide bonds. The van der Waals surface area contributed by atoms with Gasteiger partial charge in [0.15, 0.2) is 0 Å². The molecule has 0 aromatic carbocycles. The largest absolute Gasteiger partial charge is 0.464 e. The maximum atomic E-state index is 5.53. The Morgan fingerprint density at radius 3 is 2.75 bits per heavy atom. The summed E-state index contributed by atoms with van der Waals surface area (Å²) in [7, 11) is 1.95. The summed E-state index contributed by atoms with van der Waals surface area (Å²) in [4.78, 5) is 0. The van der Waals surface area contributed by atoms with E-state index in [9.17, 15) is 0 Å². The zero-order valence-electron chi connectivity index (χ0n) is 9.43. The van der Waals surface area contributed by atoms with Gasteiger partial charge in [-0.1, -0.05) is 11.8 Å². The van der Waals surface area contributed by atoms with Crippen molar-refractivity contribution < 1.29 is 4.42 Å². The molecule has 0 radical (unpaired) electrons. The van der Waals surface area contributed by atoms with Crippen LogP contribution in [0.25, 0.3) is 0 Å². The Kier molecular flexibility index (Phi) is 3.36. The van der Waals surface area contributed by atoms with Crippen molar-refractivity contribution in [3.63, 3.8) is 0 Å². The van der Waals surface area contributed by atoms with Gasteiger partial charge in [-0.3, -0.25) is 4.68 Å². The molecule has 2 heterocycles. The molecule has 0 saturated carbocycles. The van der Waals surface area contributed by atoms with Crippen molar-refractivity contribution in [3.8, 4) is 0 Å². The number of hydrogen-bond donors (Lipinski definition) is 1. The van der Waals surface area contributed by atoms with E-state index in [1.54, 1.807) is 11.8 Å². The van der Waals surface area contributed by atoms with Gasteiger partial charge in [0, 0.05) is 7.05 Å². The summed E-state index contributed by atoms with van der Waals surface area (Å²) in [6.07, 6.45) is 0. The fourth-order valence-corrected chi connectivity index (χ4v) is 2.40. The third-order valence-electron chi connectivity index (χ3n) is 2.24. The van der Waals surface area contributed by atoms with Crippen LogP contribution in [0.15, 0.2) is 27.6 Å². The zero-order valence-corrected chi connectivity index (χ0v) is 10.3. The highest BCUT2D eigenvalue weighted by molar-refractivity contribution is 7.98. The normalized spacial score (nSPS) is 10.9. The molecule has 5 heteroatoms. The van der Waals surface area contributed by atoms with E-state index < -0.39 is 0 Å². The fraction of sp³-hybridized carbons (Fsp3) is 0.364. The molecule has 0 spiro atoms. The van der Waals surface area contributed by atoms with Gasteiger partial charge in [-0.05, 0) is 25.1 Å². The molecular formula is C11H15N3OS. The van der Waals surface area contributed by atoms with Gasteiger partial charge in [-0.15, -0.1) is 0 Å². The number of nitrogens with two attached hydrogens (primary N) is 1. The Labute approximate surface area is 98.8 Å². The minimum Gasteiger partial charge on any atom is -0.464 e. The average molecular weight is 237 g/mol. The molecule has 86 valence electrons. The van der Waals surface area contributed by atoms with Gasteiger partial charge in [0.25, 0.3) is 0 Å². The van der Waals surface area contributed by atoms with Crippen LogP contribution >= 0.6 is 11.8 Å². The topological polar surface area (TPSA) is 57.0 Å². The summed E-state index contributed by atoms with van der Waals surface area (Å²) in [5.41, 5.74) is 6.52. The summed E-state index contributed by atoms with van der Waals surface area (Å²) in [5.74, 6) is 2.58. The molecule has 0 atom stereocenters. The van der Waals surface area contributed by atoms with E-state index in [2.05, 4.69) is 11.2 Å². The zero-order chi connectivity index (χ0) is 11.5. The standard InChI is InChI=1S/C11H15N3OS/c1-8-5-11(14(2)13-8)16-7-10-4-3-9(6-12)15-10/h3-5H,6-7,12H2,1-2H3. The Hall–Kier alpha value is -1.20. The van der Waals surface area contributed by atoms with Crippen molar-refractivity contribution in [1.29, 1.82) is 0 Å². The first-order valence-electron chi connectivity index (χ1n) is 5.10. The number of hydrogen-bond acceptors (Lipinski definition) is 4. The smallest absolute Gasteiger partial charge is 0.117 e. The SMILES string of the molecule is Cc1cc(SCc2ccc(CN)o2)n(C)n1.